The highest BCUT2D eigenvalue weighted by Crippen LogP contribution is 2.31. The summed E-state index contributed by atoms with van der Waals surface area (Å²) in [7, 11) is 0. The normalized spacial score (nSPS) is 16.1. The summed E-state index contributed by atoms with van der Waals surface area (Å²) in [6.07, 6.45) is 1.23. The van der Waals surface area contributed by atoms with Crippen LogP contribution in [0.1, 0.15) is 18.1 Å². The quantitative estimate of drug-likeness (QED) is 0.724. The van der Waals surface area contributed by atoms with E-state index in [-0.39, 0.29) is 11.8 Å². The zero-order valence-electron chi connectivity index (χ0n) is 18.0. The number of amides is 2. The van der Waals surface area contributed by atoms with Gasteiger partial charge in [0, 0.05) is 5.69 Å². The molecule has 31 heavy (non-hydrogen) atoms. The van der Waals surface area contributed by atoms with E-state index in [0.717, 1.165) is 42.1 Å². The van der Waals surface area contributed by atoms with Crippen LogP contribution in [0.3, 0.4) is 0 Å². The molecule has 2 N–H and O–H groups in total. The number of benzene rings is 2. The number of hydrogen-bond donors (Lipinski definition) is 2. The number of anilines is 1. The number of nitrogens with zero attached hydrogens (tertiary/aromatic N) is 1. The molecule has 164 valence electrons. The Balaban J connectivity index is 1.24. The Bertz CT molecular complexity index is 938. The van der Waals surface area contributed by atoms with E-state index in [1.54, 1.807) is 0 Å². The van der Waals surface area contributed by atoms with E-state index in [1.807, 2.05) is 47.4 Å². The van der Waals surface area contributed by atoms with Crippen molar-refractivity contribution in [3.8, 4) is 11.5 Å². The Morgan fingerprint density at radius 1 is 1.03 bits per heavy atom. The van der Waals surface area contributed by atoms with E-state index in [4.69, 9.17) is 9.47 Å². The van der Waals surface area contributed by atoms with Gasteiger partial charge < -0.3 is 24.6 Å². The number of para-hydroxylation sites is 1. The van der Waals surface area contributed by atoms with E-state index >= 15 is 0 Å². The summed E-state index contributed by atoms with van der Waals surface area (Å²) in [6.45, 7) is 6.47. The lowest BCUT2D eigenvalue weighted by Gasteiger charge is -2.32. The molecule has 2 aromatic carbocycles. The molecule has 0 saturated carbocycles. The van der Waals surface area contributed by atoms with Gasteiger partial charge >= 0.3 is 0 Å². The van der Waals surface area contributed by atoms with Crippen LogP contribution >= 0.6 is 0 Å². The Labute approximate surface area is 182 Å². The third-order valence-corrected chi connectivity index (χ3v) is 5.87. The Kier molecular flexibility index (Phi) is 6.72. The van der Waals surface area contributed by atoms with Crippen molar-refractivity contribution in [3.63, 3.8) is 0 Å². The zero-order valence-corrected chi connectivity index (χ0v) is 18.0. The molecule has 0 aliphatic carbocycles. The molecule has 0 unspecified atom stereocenters. The van der Waals surface area contributed by atoms with Gasteiger partial charge in [-0.1, -0.05) is 31.2 Å². The van der Waals surface area contributed by atoms with Crippen LogP contribution in [0.5, 0.6) is 11.5 Å². The minimum atomic E-state index is 0.0203. The molecule has 4 rings (SSSR count). The average molecular weight is 425 g/mol. The van der Waals surface area contributed by atoms with Gasteiger partial charge in [-0.05, 0) is 35.7 Å². The summed E-state index contributed by atoms with van der Waals surface area (Å²) < 4.78 is 11.1. The maximum Gasteiger partial charge on any atom is 0.279 e. The maximum atomic E-state index is 12.7. The van der Waals surface area contributed by atoms with Crippen molar-refractivity contribution in [1.82, 2.24) is 4.90 Å². The number of hydrogen-bond acceptors (Lipinski definition) is 4. The van der Waals surface area contributed by atoms with Crippen LogP contribution in [0, 0.1) is 0 Å². The van der Waals surface area contributed by atoms with Crippen molar-refractivity contribution in [2.24, 2.45) is 0 Å². The van der Waals surface area contributed by atoms with E-state index in [0.29, 0.717) is 45.0 Å². The first kappa shape index (κ1) is 21.2. The second kappa shape index (κ2) is 9.83. The first-order valence-corrected chi connectivity index (χ1v) is 11.0. The molecule has 2 aliphatic rings. The molecule has 0 aromatic heterocycles. The molecule has 0 spiro atoms. The summed E-state index contributed by atoms with van der Waals surface area (Å²) in [4.78, 5) is 28.3. The van der Waals surface area contributed by atoms with Gasteiger partial charge in [0.2, 0.25) is 5.91 Å². The highest BCUT2D eigenvalue weighted by molar-refractivity contribution is 5.92. The lowest BCUT2D eigenvalue weighted by Crippen LogP contribution is -3.15. The standard InChI is InChI=1S/C24H29N3O4/c1-2-19-5-3-4-6-20(19)25-23(28)17-26-9-11-27(12-10-26)24(29)16-18-7-8-21-22(15-18)31-14-13-30-21/h3-8,15H,2,9-14,16-17H2,1H3,(H,25,28)/p+1. The number of quaternary nitrogens is 1. The summed E-state index contributed by atoms with van der Waals surface area (Å²) >= 11 is 0. The van der Waals surface area contributed by atoms with Gasteiger partial charge in [-0.2, -0.15) is 0 Å². The fourth-order valence-corrected chi connectivity index (χ4v) is 4.11. The predicted molar refractivity (Wildman–Crippen MR) is 118 cm³/mol. The first-order chi connectivity index (χ1) is 15.1. The molecule has 2 aromatic rings. The van der Waals surface area contributed by atoms with Gasteiger partial charge in [0.15, 0.2) is 18.0 Å². The summed E-state index contributed by atoms with van der Waals surface area (Å²) in [5.41, 5.74) is 2.96. The Morgan fingerprint density at radius 2 is 1.77 bits per heavy atom. The number of ether oxygens (including phenoxy) is 2. The van der Waals surface area contributed by atoms with Crippen molar-refractivity contribution in [2.45, 2.75) is 19.8 Å². The molecule has 0 radical (unpaired) electrons. The van der Waals surface area contributed by atoms with Gasteiger partial charge in [-0.3, -0.25) is 9.59 Å². The van der Waals surface area contributed by atoms with E-state index in [9.17, 15) is 9.59 Å². The maximum absolute atomic E-state index is 12.7. The molecular formula is C24H30N3O4+. The van der Waals surface area contributed by atoms with Crippen LogP contribution in [-0.4, -0.2) is 62.7 Å². The zero-order chi connectivity index (χ0) is 21.6. The largest absolute Gasteiger partial charge is 0.486 e. The number of carbonyl (C=O) groups is 2. The Morgan fingerprint density at radius 3 is 2.55 bits per heavy atom. The average Bonchev–Trinajstić information content (AvgIpc) is 2.79. The monoisotopic (exact) mass is 424 g/mol. The highest BCUT2D eigenvalue weighted by Gasteiger charge is 2.25. The smallest absolute Gasteiger partial charge is 0.279 e. The fourth-order valence-electron chi connectivity index (χ4n) is 4.11. The van der Waals surface area contributed by atoms with Crippen LogP contribution < -0.4 is 19.7 Å². The van der Waals surface area contributed by atoms with E-state index in [2.05, 4.69) is 12.2 Å². The molecule has 2 heterocycles. The van der Waals surface area contributed by atoms with Gasteiger partial charge in [-0.15, -0.1) is 0 Å². The molecule has 1 saturated heterocycles. The van der Waals surface area contributed by atoms with E-state index in [1.165, 1.54) is 4.90 Å². The van der Waals surface area contributed by atoms with Crippen LogP contribution in [0.4, 0.5) is 5.69 Å². The minimum absolute atomic E-state index is 0.0203. The SMILES string of the molecule is CCc1ccccc1NC(=O)C[NH+]1CCN(C(=O)Cc2ccc3c(c2)OCCO3)CC1. The third-order valence-electron chi connectivity index (χ3n) is 5.87. The van der Waals surface area contributed by atoms with Crippen LogP contribution in [0.2, 0.25) is 0 Å². The van der Waals surface area contributed by atoms with Gasteiger partial charge in [0.05, 0.1) is 32.6 Å². The summed E-state index contributed by atoms with van der Waals surface area (Å²) in [6, 6.07) is 13.6. The number of carbonyl (C=O) groups excluding carboxylic acids is 2. The molecule has 0 bridgehead atoms. The molecule has 2 amide bonds. The minimum Gasteiger partial charge on any atom is -0.486 e. The van der Waals surface area contributed by atoms with Gasteiger partial charge in [-0.25, -0.2) is 0 Å². The molecule has 0 atom stereocenters. The summed E-state index contributed by atoms with van der Waals surface area (Å²) in [5.74, 6) is 1.57. The lowest BCUT2D eigenvalue weighted by atomic mass is 10.1. The van der Waals surface area contributed by atoms with Gasteiger partial charge in [0.1, 0.15) is 13.2 Å². The third kappa shape index (κ3) is 5.35. The number of rotatable bonds is 6. The van der Waals surface area contributed by atoms with Crippen LogP contribution in [0.25, 0.3) is 0 Å². The molecule has 7 heteroatoms. The second-order valence-corrected chi connectivity index (χ2v) is 8.02. The van der Waals surface area contributed by atoms with Crippen molar-refractivity contribution >= 4 is 17.5 Å². The highest BCUT2D eigenvalue weighted by atomic mass is 16.6. The number of piperazine rings is 1. The fraction of sp³-hybridized carbons (Fsp3) is 0.417. The van der Waals surface area contributed by atoms with Crippen molar-refractivity contribution in [2.75, 3.05) is 51.3 Å². The molecular weight excluding hydrogens is 394 g/mol. The molecule has 2 aliphatic heterocycles. The number of nitrogens with one attached hydrogen (secondary N) is 2. The topological polar surface area (TPSA) is 72.3 Å². The molecule has 1 fully saturated rings. The second-order valence-electron chi connectivity index (χ2n) is 8.02. The molecule has 7 nitrogen and oxygen atoms in total. The van der Waals surface area contributed by atoms with Crippen molar-refractivity contribution in [1.29, 1.82) is 0 Å². The number of aryl methyl sites for hydroxylation is 1. The predicted octanol–water partition coefficient (Wildman–Crippen LogP) is 0.929. The van der Waals surface area contributed by atoms with Crippen molar-refractivity contribution in [3.05, 3.63) is 53.6 Å². The van der Waals surface area contributed by atoms with E-state index < -0.39 is 0 Å². The lowest BCUT2D eigenvalue weighted by molar-refractivity contribution is -0.895. The Hall–Kier alpha value is -3.06. The van der Waals surface area contributed by atoms with Crippen LogP contribution in [-0.2, 0) is 22.4 Å². The van der Waals surface area contributed by atoms with Gasteiger partial charge in [0.25, 0.3) is 5.91 Å². The number of fused-ring (bicyclic) bond motifs is 1. The van der Waals surface area contributed by atoms with Crippen LogP contribution in [0.15, 0.2) is 42.5 Å². The first-order valence-electron chi connectivity index (χ1n) is 11.0. The van der Waals surface area contributed by atoms with Crippen molar-refractivity contribution < 1.29 is 24.0 Å². The summed E-state index contributed by atoms with van der Waals surface area (Å²) in [5, 5.41) is 3.04.